The smallest absolute Gasteiger partial charge is 0.423 e. The van der Waals surface area contributed by atoms with Crippen molar-refractivity contribution in [1.82, 2.24) is 0 Å². The molecular formula is C13H12BClO2S. The van der Waals surface area contributed by atoms with Crippen LogP contribution in [-0.2, 0) is 0 Å². The lowest BCUT2D eigenvalue weighted by Crippen LogP contribution is -2.31. The molecule has 0 amide bonds. The molecule has 0 fully saturated rings. The van der Waals surface area contributed by atoms with E-state index in [2.05, 4.69) is 0 Å². The molecule has 5 heteroatoms. The molecule has 0 aromatic heterocycles. The van der Waals surface area contributed by atoms with Crippen LogP contribution in [-0.4, -0.2) is 23.4 Å². The molecule has 2 rings (SSSR count). The van der Waals surface area contributed by atoms with Crippen LogP contribution in [0.25, 0.3) is 11.1 Å². The van der Waals surface area contributed by atoms with E-state index in [0.29, 0.717) is 10.5 Å². The second kappa shape index (κ2) is 5.80. The number of hydrogen-bond donors (Lipinski definition) is 2. The highest BCUT2D eigenvalue weighted by atomic mass is 35.5. The first-order chi connectivity index (χ1) is 8.61. The molecule has 2 aromatic rings. The van der Waals surface area contributed by atoms with Crippen molar-refractivity contribution in [1.29, 1.82) is 0 Å². The van der Waals surface area contributed by atoms with Gasteiger partial charge in [-0.3, -0.25) is 0 Å². The van der Waals surface area contributed by atoms with Gasteiger partial charge in [0, 0.05) is 9.92 Å². The fourth-order valence-corrected chi connectivity index (χ4v) is 2.62. The van der Waals surface area contributed by atoms with Crippen molar-refractivity contribution >= 4 is 35.9 Å². The summed E-state index contributed by atoms with van der Waals surface area (Å²) in [6.45, 7) is 0. The Labute approximate surface area is 116 Å². The third-order valence-electron chi connectivity index (χ3n) is 2.67. The summed E-state index contributed by atoms with van der Waals surface area (Å²) in [5.74, 6) is 0. The molecule has 0 spiro atoms. The zero-order chi connectivity index (χ0) is 13.1. The van der Waals surface area contributed by atoms with Crippen LogP contribution in [0.15, 0.2) is 47.4 Å². The molecule has 0 atom stereocenters. The SMILES string of the molecule is CSc1cc(-c2cccc(Cl)c2)ccc1B(O)O. The third kappa shape index (κ3) is 2.90. The first-order valence-corrected chi connectivity index (χ1v) is 7.02. The van der Waals surface area contributed by atoms with Crippen LogP contribution in [0, 0.1) is 0 Å². The van der Waals surface area contributed by atoms with Crippen LogP contribution >= 0.6 is 23.4 Å². The summed E-state index contributed by atoms with van der Waals surface area (Å²) in [6.07, 6.45) is 1.91. The van der Waals surface area contributed by atoms with Gasteiger partial charge in [-0.1, -0.05) is 35.9 Å². The molecule has 0 radical (unpaired) electrons. The van der Waals surface area contributed by atoms with Gasteiger partial charge in [0.05, 0.1) is 0 Å². The molecule has 0 aliphatic carbocycles. The van der Waals surface area contributed by atoms with Gasteiger partial charge < -0.3 is 10.0 Å². The van der Waals surface area contributed by atoms with E-state index in [1.807, 2.05) is 42.7 Å². The highest BCUT2D eigenvalue weighted by molar-refractivity contribution is 7.98. The van der Waals surface area contributed by atoms with E-state index >= 15 is 0 Å². The molecule has 0 saturated carbocycles. The van der Waals surface area contributed by atoms with Crippen molar-refractivity contribution in [3.8, 4) is 11.1 Å². The summed E-state index contributed by atoms with van der Waals surface area (Å²) in [7, 11) is -1.44. The maximum absolute atomic E-state index is 9.26. The van der Waals surface area contributed by atoms with Crippen LogP contribution in [0.3, 0.4) is 0 Å². The minimum atomic E-state index is -1.44. The van der Waals surface area contributed by atoms with Gasteiger partial charge in [-0.25, -0.2) is 0 Å². The Morgan fingerprint density at radius 3 is 2.39 bits per heavy atom. The monoisotopic (exact) mass is 278 g/mol. The number of halogens is 1. The third-order valence-corrected chi connectivity index (χ3v) is 3.70. The summed E-state index contributed by atoms with van der Waals surface area (Å²) < 4.78 is 0. The molecule has 0 saturated heterocycles. The lowest BCUT2D eigenvalue weighted by Gasteiger charge is -2.09. The zero-order valence-electron chi connectivity index (χ0n) is 9.80. The summed E-state index contributed by atoms with van der Waals surface area (Å²) in [4.78, 5) is 0.850. The molecular weight excluding hydrogens is 266 g/mol. The van der Waals surface area contributed by atoms with Crippen molar-refractivity contribution in [2.45, 2.75) is 4.90 Å². The van der Waals surface area contributed by atoms with E-state index in [4.69, 9.17) is 11.6 Å². The van der Waals surface area contributed by atoms with Gasteiger partial charge >= 0.3 is 7.12 Å². The number of rotatable bonds is 3. The van der Waals surface area contributed by atoms with Gasteiger partial charge in [-0.15, -0.1) is 11.8 Å². The van der Waals surface area contributed by atoms with Gasteiger partial charge in [0.2, 0.25) is 0 Å². The van der Waals surface area contributed by atoms with Crippen molar-refractivity contribution in [3.63, 3.8) is 0 Å². The van der Waals surface area contributed by atoms with Gasteiger partial charge in [0.25, 0.3) is 0 Å². The molecule has 92 valence electrons. The molecule has 0 bridgehead atoms. The predicted molar refractivity (Wildman–Crippen MR) is 78.5 cm³/mol. The normalized spacial score (nSPS) is 10.4. The van der Waals surface area contributed by atoms with Crippen molar-refractivity contribution in [2.24, 2.45) is 0 Å². The number of benzene rings is 2. The minimum absolute atomic E-state index is 0.522. The zero-order valence-corrected chi connectivity index (χ0v) is 11.4. The molecule has 0 unspecified atom stereocenters. The molecule has 0 heterocycles. The van der Waals surface area contributed by atoms with Crippen LogP contribution in [0.2, 0.25) is 5.02 Å². The molecule has 2 aromatic carbocycles. The summed E-state index contributed by atoms with van der Waals surface area (Å²) in [5, 5.41) is 19.2. The van der Waals surface area contributed by atoms with Gasteiger partial charge in [-0.05, 0) is 41.0 Å². The summed E-state index contributed by atoms with van der Waals surface area (Å²) in [6, 6.07) is 13.1. The lowest BCUT2D eigenvalue weighted by molar-refractivity contribution is 0.425. The highest BCUT2D eigenvalue weighted by Gasteiger charge is 2.16. The van der Waals surface area contributed by atoms with Crippen molar-refractivity contribution in [3.05, 3.63) is 47.5 Å². The standard InChI is InChI=1S/C13H12BClO2S/c1-18-13-8-10(5-6-12(13)14(16)17)9-3-2-4-11(15)7-9/h2-8,16-17H,1H3. The van der Waals surface area contributed by atoms with Gasteiger partial charge in [-0.2, -0.15) is 0 Å². The van der Waals surface area contributed by atoms with Gasteiger partial charge in [0.1, 0.15) is 0 Å². The van der Waals surface area contributed by atoms with E-state index in [0.717, 1.165) is 16.0 Å². The maximum atomic E-state index is 9.26. The topological polar surface area (TPSA) is 40.5 Å². The van der Waals surface area contributed by atoms with E-state index in [1.165, 1.54) is 11.8 Å². The summed E-state index contributed by atoms with van der Waals surface area (Å²) in [5.41, 5.74) is 2.54. The first-order valence-electron chi connectivity index (χ1n) is 5.42. The maximum Gasteiger partial charge on any atom is 0.489 e. The molecule has 0 aliphatic heterocycles. The number of thioether (sulfide) groups is 1. The lowest BCUT2D eigenvalue weighted by atomic mass is 9.79. The minimum Gasteiger partial charge on any atom is -0.423 e. The largest absolute Gasteiger partial charge is 0.489 e. The second-order valence-electron chi connectivity index (χ2n) is 3.84. The van der Waals surface area contributed by atoms with E-state index in [1.54, 1.807) is 6.07 Å². The Morgan fingerprint density at radius 2 is 1.78 bits per heavy atom. The second-order valence-corrected chi connectivity index (χ2v) is 5.13. The summed E-state index contributed by atoms with van der Waals surface area (Å²) >= 11 is 7.45. The molecule has 0 aliphatic rings. The van der Waals surface area contributed by atoms with E-state index < -0.39 is 7.12 Å². The predicted octanol–water partition coefficient (Wildman–Crippen LogP) is 2.41. The van der Waals surface area contributed by atoms with E-state index in [9.17, 15) is 10.0 Å². The average Bonchev–Trinajstić information content (AvgIpc) is 2.37. The Morgan fingerprint density at radius 1 is 1.06 bits per heavy atom. The number of hydrogen-bond acceptors (Lipinski definition) is 3. The average molecular weight is 279 g/mol. The Balaban J connectivity index is 2.47. The highest BCUT2D eigenvalue weighted by Crippen LogP contribution is 2.25. The Kier molecular flexibility index (Phi) is 4.35. The van der Waals surface area contributed by atoms with Crippen LogP contribution in [0.1, 0.15) is 0 Å². The van der Waals surface area contributed by atoms with E-state index in [-0.39, 0.29) is 0 Å². The Bertz CT molecular complexity index is 560. The molecule has 2 nitrogen and oxygen atoms in total. The first kappa shape index (κ1) is 13.5. The molecule has 18 heavy (non-hydrogen) atoms. The fourth-order valence-electron chi connectivity index (χ4n) is 1.77. The quantitative estimate of drug-likeness (QED) is 0.669. The van der Waals surface area contributed by atoms with Crippen LogP contribution in [0.4, 0.5) is 0 Å². The molecule has 2 N–H and O–H groups in total. The van der Waals surface area contributed by atoms with Crippen molar-refractivity contribution in [2.75, 3.05) is 6.26 Å². The fraction of sp³-hybridized carbons (Fsp3) is 0.0769. The van der Waals surface area contributed by atoms with Crippen LogP contribution in [0.5, 0.6) is 0 Å². The van der Waals surface area contributed by atoms with Gasteiger partial charge in [0.15, 0.2) is 0 Å². The van der Waals surface area contributed by atoms with Crippen LogP contribution < -0.4 is 5.46 Å². The van der Waals surface area contributed by atoms with Crippen molar-refractivity contribution < 1.29 is 10.0 Å². The Hall–Kier alpha value is -0.935.